The number of ether oxygens (including phenoxy) is 8. The van der Waals surface area contributed by atoms with Crippen LogP contribution in [0, 0.1) is 23.7 Å². The number of esters is 1. The number of methoxy groups -OCH3 is 3. The summed E-state index contributed by atoms with van der Waals surface area (Å²) in [4.78, 5) is 42.7. The van der Waals surface area contributed by atoms with E-state index < -0.39 is 133 Å². The number of ketones is 1. The van der Waals surface area contributed by atoms with Crippen molar-refractivity contribution in [2.24, 2.45) is 23.7 Å². The normalized spacial score (nSPS) is 38.4. The highest BCUT2D eigenvalue weighted by Gasteiger charge is 2.54. The Balaban J connectivity index is 1.45. The molecule has 5 N–H and O–H groups in total. The van der Waals surface area contributed by atoms with Gasteiger partial charge in [0, 0.05) is 77.8 Å². The number of cyclic esters (lactones) is 1. The molecule has 20 atom stereocenters. The molecule has 1 aromatic heterocycles. The number of hydrogen-bond acceptors (Lipinski definition) is 18. The zero-order valence-corrected chi connectivity index (χ0v) is 46.8. The van der Waals surface area contributed by atoms with Gasteiger partial charge in [0.15, 0.2) is 12.6 Å². The lowest BCUT2D eigenvalue weighted by atomic mass is 9.74. The summed E-state index contributed by atoms with van der Waals surface area (Å²) >= 11 is 0. The number of nitrogens with zero attached hydrogens (tertiary/aromatic N) is 4. The Kier molecular flexibility index (Phi) is 21.9. The maximum absolute atomic E-state index is 14.8. The van der Waals surface area contributed by atoms with E-state index in [9.17, 15) is 39.2 Å². The van der Waals surface area contributed by atoms with E-state index in [0.29, 0.717) is 30.6 Å². The SMILES string of the molecule is CC[C@H]1OC(=O)[C@H](C)[C@@H](O[C@H]2C[C@@](C)(OC)[C@@H](O)[C@H](C)O2)[C@H](C)[C@@H](O[C@@H]2O[C@H](C)C[C@H](N(C)CCc3cn([C@@H](CF)[C@H](OC)c4ccc(CC(=O)NC)cc4)nn3)[C@H]2O)[C@](C)(OC)C[C@@H](C)C(=O)[C@H](C)[C@@H](O)[C@]1(C)O. The zero-order chi connectivity index (χ0) is 55.9. The fourth-order valence-corrected chi connectivity index (χ4v) is 11.5. The van der Waals surface area contributed by atoms with Crippen molar-refractivity contribution >= 4 is 17.7 Å². The number of alkyl halides is 1. The predicted octanol–water partition coefficient (Wildman–Crippen LogP) is 3.83. The molecule has 2 aromatic rings. The summed E-state index contributed by atoms with van der Waals surface area (Å²) in [6.45, 7) is 16.4. The fraction of sp³-hybridized carbons (Fsp3) is 0.796. The lowest BCUT2D eigenvalue weighted by Gasteiger charge is -2.50. The zero-order valence-electron chi connectivity index (χ0n) is 46.8. The minimum absolute atomic E-state index is 0.0341. The van der Waals surface area contributed by atoms with Crippen molar-refractivity contribution in [1.29, 1.82) is 0 Å². The van der Waals surface area contributed by atoms with Gasteiger partial charge in [0.1, 0.15) is 48.5 Å². The third-order valence-electron chi connectivity index (χ3n) is 16.5. The summed E-state index contributed by atoms with van der Waals surface area (Å²) < 4.78 is 66.8. The minimum Gasteiger partial charge on any atom is -0.459 e. The number of aromatic nitrogens is 3. The molecule has 75 heavy (non-hydrogen) atoms. The van der Waals surface area contributed by atoms with E-state index in [1.165, 1.54) is 39.9 Å². The molecule has 0 bridgehead atoms. The number of Topliss-reactive ketones (excluding diaryl/α,β-unsaturated/α-hetero) is 1. The van der Waals surface area contributed by atoms with Gasteiger partial charge in [-0.3, -0.25) is 14.4 Å². The van der Waals surface area contributed by atoms with Gasteiger partial charge in [0.2, 0.25) is 5.91 Å². The summed E-state index contributed by atoms with van der Waals surface area (Å²) in [7, 11) is 7.91. The Hall–Kier alpha value is -3.58. The van der Waals surface area contributed by atoms with Crippen LogP contribution in [0.25, 0.3) is 0 Å². The van der Waals surface area contributed by atoms with E-state index in [1.807, 2.05) is 50.1 Å². The van der Waals surface area contributed by atoms with Gasteiger partial charge >= 0.3 is 5.97 Å². The first-order valence-electron chi connectivity index (χ1n) is 26.5. The second-order valence-electron chi connectivity index (χ2n) is 22.1. The quantitative estimate of drug-likeness (QED) is 0.133. The molecule has 3 saturated heterocycles. The first kappa shape index (κ1) is 62.3. The topological polar surface area (TPSA) is 252 Å². The first-order chi connectivity index (χ1) is 35.2. The number of nitrogens with one attached hydrogen (secondary N) is 1. The second kappa shape index (κ2) is 26.4. The molecule has 426 valence electrons. The van der Waals surface area contributed by atoms with Crippen LogP contribution in [0.5, 0.6) is 0 Å². The molecule has 4 heterocycles. The van der Waals surface area contributed by atoms with Crippen LogP contribution >= 0.6 is 0 Å². The fourth-order valence-electron chi connectivity index (χ4n) is 11.5. The highest BCUT2D eigenvalue weighted by molar-refractivity contribution is 5.83. The van der Waals surface area contributed by atoms with Crippen molar-refractivity contribution in [3.8, 4) is 0 Å². The van der Waals surface area contributed by atoms with Crippen LogP contribution in [-0.2, 0) is 65.1 Å². The average Bonchev–Trinajstić information content (AvgIpc) is 3.86. The Labute approximate surface area is 442 Å². The molecule has 0 radical (unpaired) electrons. The molecule has 3 aliphatic rings. The predicted molar refractivity (Wildman–Crippen MR) is 273 cm³/mol. The largest absolute Gasteiger partial charge is 0.459 e. The molecule has 5 rings (SSSR count). The van der Waals surface area contributed by atoms with E-state index in [1.54, 1.807) is 54.8 Å². The van der Waals surface area contributed by atoms with Gasteiger partial charge in [-0.1, -0.05) is 57.2 Å². The summed E-state index contributed by atoms with van der Waals surface area (Å²) in [6, 6.07) is 5.88. The van der Waals surface area contributed by atoms with Crippen LogP contribution in [0.1, 0.15) is 124 Å². The number of carbonyl (C=O) groups is 3. The van der Waals surface area contributed by atoms with Crippen molar-refractivity contribution in [2.45, 2.75) is 204 Å². The van der Waals surface area contributed by atoms with Gasteiger partial charge < -0.3 is 68.5 Å². The maximum atomic E-state index is 14.8. The van der Waals surface area contributed by atoms with Crippen LogP contribution < -0.4 is 5.32 Å². The van der Waals surface area contributed by atoms with Crippen LogP contribution in [0.2, 0.25) is 0 Å². The van der Waals surface area contributed by atoms with Crippen LogP contribution in [-0.4, -0.2) is 191 Å². The summed E-state index contributed by atoms with van der Waals surface area (Å²) in [5.74, 6) is -5.03. The van der Waals surface area contributed by atoms with Crippen LogP contribution in [0.3, 0.4) is 0 Å². The molecule has 3 fully saturated rings. The molecule has 0 aliphatic carbocycles. The third kappa shape index (κ3) is 14.2. The maximum Gasteiger partial charge on any atom is 0.311 e. The Morgan fingerprint density at radius 3 is 2.19 bits per heavy atom. The number of carbonyl (C=O) groups excluding carboxylic acids is 3. The van der Waals surface area contributed by atoms with Gasteiger partial charge in [-0.25, -0.2) is 9.07 Å². The van der Waals surface area contributed by atoms with Gasteiger partial charge in [0.25, 0.3) is 0 Å². The van der Waals surface area contributed by atoms with Gasteiger partial charge in [0.05, 0.1) is 59.8 Å². The summed E-state index contributed by atoms with van der Waals surface area (Å²) in [6.07, 6.45) is -8.54. The van der Waals surface area contributed by atoms with Gasteiger partial charge in [-0.05, 0) is 79.0 Å². The van der Waals surface area contributed by atoms with Crippen LogP contribution in [0.4, 0.5) is 4.39 Å². The number of aliphatic hydroxyl groups excluding tert-OH is 3. The number of halogens is 1. The average molecular weight is 1070 g/mol. The van der Waals surface area contributed by atoms with Crippen molar-refractivity contribution in [1.82, 2.24) is 25.2 Å². The monoisotopic (exact) mass is 1070 g/mol. The van der Waals surface area contributed by atoms with Gasteiger partial charge in [-0.2, -0.15) is 0 Å². The minimum atomic E-state index is -2.02. The molecule has 21 heteroatoms. The molecule has 0 spiro atoms. The lowest BCUT2D eigenvalue weighted by Crippen LogP contribution is -2.61. The lowest BCUT2D eigenvalue weighted by molar-refractivity contribution is -0.319. The van der Waals surface area contributed by atoms with E-state index in [2.05, 4.69) is 15.6 Å². The number of amides is 1. The highest BCUT2D eigenvalue weighted by atomic mass is 19.1. The number of rotatable bonds is 18. The van der Waals surface area contributed by atoms with E-state index in [4.69, 9.17) is 37.9 Å². The van der Waals surface area contributed by atoms with E-state index >= 15 is 0 Å². The molecule has 3 aliphatic heterocycles. The summed E-state index contributed by atoms with van der Waals surface area (Å²) in [5.41, 5.74) is -2.39. The van der Waals surface area contributed by atoms with Crippen molar-refractivity contribution in [2.75, 3.05) is 48.6 Å². The number of hydrogen-bond donors (Lipinski definition) is 5. The van der Waals surface area contributed by atoms with Gasteiger partial charge in [-0.15, -0.1) is 5.10 Å². The Morgan fingerprint density at radius 2 is 1.60 bits per heavy atom. The van der Waals surface area contributed by atoms with Crippen molar-refractivity contribution < 1.29 is 77.1 Å². The molecular formula is C54H88FN5O15. The molecule has 1 amide bonds. The van der Waals surface area contributed by atoms with Crippen molar-refractivity contribution in [3.05, 3.63) is 47.3 Å². The molecule has 0 unspecified atom stereocenters. The smallest absolute Gasteiger partial charge is 0.311 e. The molecular weight excluding hydrogens is 978 g/mol. The van der Waals surface area contributed by atoms with E-state index in [0.717, 1.165) is 5.56 Å². The molecule has 20 nitrogen and oxygen atoms in total. The van der Waals surface area contributed by atoms with Crippen LogP contribution in [0.15, 0.2) is 30.5 Å². The summed E-state index contributed by atoms with van der Waals surface area (Å²) in [5, 5.41) is 58.2. The standard InChI is InChI=1S/C54H88FN5O15/c1-16-40-54(10,67)47(64)31(4)43(62)29(2)25-53(9,70-15)49(32(5)45(33(6)50(66)73-40)74-42-26-52(8,69-14)48(65)34(7)72-42)75-51-44(63)38(23-30(3)71-51)59(12)22-21-37-28-60(58-57-37)39(27-55)46(68-13)36-19-17-35(18-20-36)24-41(61)56-11/h17-20,28-34,38-40,42,44-49,51,63-65,67H,16,21-27H2,1-15H3,(H,56,61)/t29-,30-,31+,32+,33-,34+,38+,39+,40-,42+,44-,45+,46-,47-,48+,49-,51+,52-,53-,54-/m1/s1. The molecule has 1 aromatic carbocycles. The molecule has 0 saturated carbocycles. The first-order valence-corrected chi connectivity index (χ1v) is 26.5. The van der Waals surface area contributed by atoms with Crippen molar-refractivity contribution in [3.63, 3.8) is 0 Å². The number of aliphatic hydroxyl groups is 4. The highest BCUT2D eigenvalue weighted by Crippen LogP contribution is 2.42. The second-order valence-corrected chi connectivity index (χ2v) is 22.1. The number of likely N-dealkylation sites (N-methyl/N-ethyl adjacent to an activating group) is 2. The Bertz CT molecular complexity index is 2150. The number of benzene rings is 1. The Morgan fingerprint density at radius 1 is 0.947 bits per heavy atom. The third-order valence-corrected chi connectivity index (χ3v) is 16.5. The van der Waals surface area contributed by atoms with E-state index in [-0.39, 0.29) is 37.4 Å².